The Hall–Kier alpha value is -1.62. The summed E-state index contributed by atoms with van der Waals surface area (Å²) in [7, 11) is 0. The highest BCUT2D eigenvalue weighted by Crippen LogP contribution is 2.69. The van der Waals surface area contributed by atoms with Crippen molar-refractivity contribution in [2.24, 2.45) is 68.0 Å². The minimum Gasteiger partial charge on any atom is -0.461 e. The largest absolute Gasteiger partial charge is 0.461 e. The van der Waals surface area contributed by atoms with E-state index in [1.54, 1.807) is 12.3 Å². The van der Waals surface area contributed by atoms with Gasteiger partial charge in [-0.15, -0.1) is 13.2 Å². The first-order valence-electron chi connectivity index (χ1n) is 22.3. The molecule has 6 aliphatic rings. The van der Waals surface area contributed by atoms with Crippen LogP contribution in [0.2, 0.25) is 0 Å². The summed E-state index contributed by atoms with van der Waals surface area (Å²) in [5.74, 6) is -2.98. The van der Waals surface area contributed by atoms with Crippen molar-refractivity contribution < 1.29 is 43.0 Å². The maximum absolute atomic E-state index is 13.6. The molecule has 0 aromatic heterocycles. The molecule has 0 saturated heterocycles. The number of esters is 2. The Morgan fingerprint density at radius 1 is 0.768 bits per heavy atom. The van der Waals surface area contributed by atoms with Crippen LogP contribution in [0.15, 0.2) is 25.3 Å². The van der Waals surface area contributed by atoms with E-state index in [1.165, 1.54) is 23.5 Å². The van der Waals surface area contributed by atoms with Gasteiger partial charge in [-0.2, -0.15) is 23.5 Å². The Bertz CT molecular complexity index is 1700. The van der Waals surface area contributed by atoms with Crippen molar-refractivity contribution in [3.05, 3.63) is 25.3 Å². The van der Waals surface area contributed by atoms with Gasteiger partial charge in [0.2, 0.25) is 0 Å². The standard InChI is InChI=1S/2C23H36O4S/c2*1-7-21(4)12-17(27-18(25)13-28-6)22(5)14(2)8-10-23(15(3)20(21)26)11-9-16(24)19(22)23/h2*7,14-15,17,19-20,26H,1,8-13H2,2-6H3/t2*14?,15-,17+,19?,20?,21+,22-,23?/m00/s1/i9D2,19D;. The molecule has 4 bridgehead atoms. The van der Waals surface area contributed by atoms with Crippen molar-refractivity contribution in [2.75, 3.05) is 24.0 Å². The van der Waals surface area contributed by atoms with E-state index >= 15 is 0 Å². The van der Waals surface area contributed by atoms with Gasteiger partial charge in [0.25, 0.3) is 0 Å². The van der Waals surface area contributed by atoms with E-state index in [0.717, 1.165) is 19.3 Å². The second-order valence-corrected chi connectivity index (χ2v) is 21.2. The number of ketones is 2. The molecule has 6 fully saturated rings. The fourth-order valence-corrected chi connectivity index (χ4v) is 13.5. The predicted octanol–water partition coefficient (Wildman–Crippen LogP) is 8.51. The number of aliphatic hydroxyl groups excluding tert-OH is 2. The molecule has 56 heavy (non-hydrogen) atoms. The van der Waals surface area contributed by atoms with Crippen molar-refractivity contribution in [3.8, 4) is 0 Å². The monoisotopic (exact) mass is 819 g/mol. The van der Waals surface area contributed by atoms with Gasteiger partial charge in [-0.25, -0.2) is 0 Å². The van der Waals surface area contributed by atoms with Gasteiger partial charge in [0.1, 0.15) is 23.8 Å². The average Bonchev–Trinajstić information content (AvgIpc) is 3.62. The third kappa shape index (κ3) is 7.02. The Kier molecular flexibility index (Phi) is 12.1. The molecule has 0 spiro atoms. The van der Waals surface area contributed by atoms with Crippen molar-refractivity contribution >= 4 is 47.0 Å². The highest BCUT2D eigenvalue weighted by atomic mass is 32.2. The summed E-state index contributed by atoms with van der Waals surface area (Å²) in [4.78, 5) is 52.0. The molecular weight excluding hydrogens is 745 g/mol. The number of carbonyl (C=O) groups excluding carboxylic acids is 4. The lowest BCUT2D eigenvalue weighted by Gasteiger charge is -2.61. The second-order valence-electron chi connectivity index (χ2n) is 19.5. The van der Waals surface area contributed by atoms with E-state index < -0.39 is 81.4 Å². The van der Waals surface area contributed by atoms with Crippen LogP contribution in [0.25, 0.3) is 0 Å². The molecule has 6 saturated carbocycles. The van der Waals surface area contributed by atoms with E-state index in [4.69, 9.17) is 12.2 Å². The highest BCUT2D eigenvalue weighted by Gasteiger charge is 2.70. The third-order valence-electron chi connectivity index (χ3n) is 17.0. The summed E-state index contributed by atoms with van der Waals surface area (Å²) in [6.07, 6.45) is 7.42. The lowest BCUT2D eigenvalue weighted by molar-refractivity contribution is -0.205. The number of hydrogen-bond acceptors (Lipinski definition) is 10. The van der Waals surface area contributed by atoms with Crippen LogP contribution >= 0.6 is 23.5 Å². The first-order valence-corrected chi connectivity index (χ1v) is 23.6. The zero-order chi connectivity index (χ0) is 44.5. The van der Waals surface area contributed by atoms with Crippen LogP contribution in [0.5, 0.6) is 0 Å². The van der Waals surface area contributed by atoms with E-state index in [-0.39, 0.29) is 53.7 Å². The minimum atomic E-state index is -2.16. The minimum absolute atomic E-state index is 0.00150. The first-order chi connectivity index (χ1) is 27.2. The van der Waals surface area contributed by atoms with Gasteiger partial charge < -0.3 is 19.7 Å². The zero-order valence-corrected chi connectivity index (χ0v) is 37.3. The number of rotatable bonds is 8. The molecule has 0 aliphatic heterocycles. The van der Waals surface area contributed by atoms with Gasteiger partial charge in [-0.1, -0.05) is 67.5 Å². The van der Waals surface area contributed by atoms with Gasteiger partial charge >= 0.3 is 11.9 Å². The third-order valence-corrected chi connectivity index (χ3v) is 18.1. The molecule has 2 N–H and O–H groups in total. The molecule has 0 aromatic rings. The molecule has 6 rings (SSSR count). The molecule has 8 unspecified atom stereocenters. The molecule has 0 heterocycles. The smallest absolute Gasteiger partial charge is 0.316 e. The van der Waals surface area contributed by atoms with Crippen LogP contribution in [0, 0.1) is 68.0 Å². The fraction of sp³-hybridized carbons (Fsp3) is 0.826. The zero-order valence-electron chi connectivity index (χ0n) is 38.7. The molecule has 10 heteroatoms. The van der Waals surface area contributed by atoms with Crippen LogP contribution in [0.1, 0.15) is 124 Å². The van der Waals surface area contributed by atoms with Crippen molar-refractivity contribution in [1.29, 1.82) is 0 Å². The van der Waals surface area contributed by atoms with Crippen LogP contribution in [-0.2, 0) is 28.7 Å². The number of hydrogen-bond donors (Lipinski definition) is 2. The maximum atomic E-state index is 13.6. The molecule has 0 amide bonds. The Morgan fingerprint density at radius 2 is 1.21 bits per heavy atom. The summed E-state index contributed by atoms with van der Waals surface area (Å²) in [5, 5.41) is 22.9. The molecule has 0 radical (unpaired) electrons. The normalized spacial score (nSPS) is 51.4. The Morgan fingerprint density at radius 3 is 1.70 bits per heavy atom. The SMILES string of the molecule is C=C[C@]1(C)C[C@@H](OC(=O)CSC)[C@]2(C)C(C)CCC3(CCC(=O)C32)[C@@H](C)C1O.[2H]C1([2H])CC23CCC(C)[C@@](C)([C@H](OC(=O)CSC)C[C@@](C)(C=C)C(O)[C@@H]2C)C3([2H])C1=O. The predicted molar refractivity (Wildman–Crippen MR) is 226 cm³/mol. The van der Waals surface area contributed by atoms with Gasteiger partial charge in [-0.05, 0) is 98.4 Å². The maximum Gasteiger partial charge on any atom is 0.316 e. The number of carbonyl (C=O) groups is 4. The van der Waals surface area contributed by atoms with E-state index in [9.17, 15) is 30.8 Å². The summed E-state index contributed by atoms with van der Waals surface area (Å²) in [6, 6.07) is 0. The number of Topliss-reactive ketones (excluding diaryl/α,β-unsaturated/α-hetero) is 2. The topological polar surface area (TPSA) is 127 Å². The quantitative estimate of drug-likeness (QED) is 0.182. The van der Waals surface area contributed by atoms with E-state index in [0.29, 0.717) is 37.2 Å². The Labute approximate surface area is 350 Å². The van der Waals surface area contributed by atoms with Crippen LogP contribution in [0.3, 0.4) is 0 Å². The van der Waals surface area contributed by atoms with Crippen LogP contribution in [-0.4, -0.2) is 82.2 Å². The fourth-order valence-electron chi connectivity index (χ4n) is 12.8. The lowest BCUT2D eigenvalue weighted by atomic mass is 9.44. The van der Waals surface area contributed by atoms with E-state index in [1.807, 2.05) is 47.0 Å². The second kappa shape index (κ2) is 16.4. The highest BCUT2D eigenvalue weighted by molar-refractivity contribution is 7.99. The summed E-state index contributed by atoms with van der Waals surface area (Å²) in [6.45, 7) is 24.0. The molecule has 316 valence electrons. The van der Waals surface area contributed by atoms with Crippen molar-refractivity contribution in [1.82, 2.24) is 0 Å². The van der Waals surface area contributed by atoms with Gasteiger partial charge in [-0.3, -0.25) is 19.2 Å². The average molecular weight is 820 g/mol. The van der Waals surface area contributed by atoms with E-state index in [2.05, 4.69) is 33.9 Å². The summed E-state index contributed by atoms with van der Waals surface area (Å²) < 4.78 is 38.8. The van der Waals surface area contributed by atoms with Gasteiger partial charge in [0.05, 0.1) is 23.7 Å². The Balaban J connectivity index is 0.000000225. The lowest BCUT2D eigenvalue weighted by Crippen LogP contribution is -2.63. The number of ether oxygens (including phenoxy) is 2. The molecule has 16 atom stereocenters. The number of aliphatic hydroxyl groups is 2. The van der Waals surface area contributed by atoms with Crippen LogP contribution < -0.4 is 0 Å². The van der Waals surface area contributed by atoms with Crippen molar-refractivity contribution in [2.45, 2.75) is 144 Å². The first kappa shape index (κ1) is 41.1. The molecule has 6 aliphatic carbocycles. The molecular formula is C46H72O8S2. The molecule has 8 nitrogen and oxygen atoms in total. The summed E-state index contributed by atoms with van der Waals surface area (Å²) >= 11 is 2.78. The summed E-state index contributed by atoms with van der Waals surface area (Å²) in [5.41, 5.74) is -4.16. The van der Waals surface area contributed by atoms with Gasteiger partial charge in [0.15, 0.2) is 0 Å². The number of thioether (sulfide) groups is 2. The van der Waals surface area contributed by atoms with Crippen molar-refractivity contribution in [3.63, 3.8) is 0 Å². The molecule has 0 aromatic carbocycles. The van der Waals surface area contributed by atoms with Crippen LogP contribution in [0.4, 0.5) is 0 Å². The van der Waals surface area contributed by atoms with Gasteiger partial charge in [0, 0.05) is 50.4 Å².